The molecule has 0 spiro atoms. The van der Waals surface area contributed by atoms with Crippen molar-refractivity contribution in [3.8, 4) is 0 Å². The van der Waals surface area contributed by atoms with E-state index in [-0.39, 0.29) is 18.0 Å². The molecule has 2 aromatic heterocycles. The summed E-state index contributed by atoms with van der Waals surface area (Å²) in [6, 6.07) is 5.62. The molecule has 1 fully saturated rings. The quantitative estimate of drug-likeness (QED) is 0.758. The summed E-state index contributed by atoms with van der Waals surface area (Å²) in [6.07, 6.45) is 3.46. The van der Waals surface area contributed by atoms with E-state index < -0.39 is 0 Å². The van der Waals surface area contributed by atoms with Crippen LogP contribution >= 0.6 is 0 Å². The molecule has 8 nitrogen and oxygen atoms in total. The number of pyridine rings is 2. The van der Waals surface area contributed by atoms with Gasteiger partial charge in [-0.3, -0.25) is 9.78 Å². The number of hydrazine groups is 1. The third-order valence-electron chi connectivity index (χ3n) is 4.68. The maximum absolute atomic E-state index is 12.8. The first-order chi connectivity index (χ1) is 13.1. The van der Waals surface area contributed by atoms with Crippen LogP contribution in [-0.2, 0) is 4.74 Å². The van der Waals surface area contributed by atoms with Gasteiger partial charge in [-0.25, -0.2) is 10.4 Å². The fourth-order valence-electron chi connectivity index (χ4n) is 3.40. The number of carbonyl (C=O) groups is 1. The molecular weight excluding hydrogens is 344 g/mol. The summed E-state index contributed by atoms with van der Waals surface area (Å²) in [7, 11) is 0. The Morgan fingerprint density at radius 2 is 2.04 bits per heavy atom. The average molecular weight is 368 g/mol. The van der Waals surface area contributed by atoms with Crippen molar-refractivity contribution in [3.63, 3.8) is 0 Å². The Morgan fingerprint density at radius 3 is 2.81 bits per heavy atom. The smallest absolute Gasteiger partial charge is 0.254 e. The standard InChI is InChI=1S/C19H24N6O2/c1-12(2)22-18-16-14(4-6-21-18)23-24-17(16)15-11-13(3-5-20-15)19(26)25-7-9-27-10-8-25/h3-6,11-12,17,23-24H,7-10H2,1-2H3,(H,21,22). The van der Waals surface area contributed by atoms with E-state index in [1.807, 2.05) is 17.0 Å². The molecule has 3 N–H and O–H groups in total. The van der Waals surface area contributed by atoms with Crippen molar-refractivity contribution in [2.75, 3.05) is 37.0 Å². The fraction of sp³-hybridized carbons (Fsp3) is 0.421. The van der Waals surface area contributed by atoms with Crippen LogP contribution in [0.25, 0.3) is 0 Å². The van der Waals surface area contributed by atoms with Gasteiger partial charge in [0.2, 0.25) is 0 Å². The number of hydrogen-bond acceptors (Lipinski definition) is 7. The van der Waals surface area contributed by atoms with Crippen molar-refractivity contribution in [1.29, 1.82) is 0 Å². The molecule has 0 bridgehead atoms. The Hall–Kier alpha value is -2.71. The Labute approximate surface area is 158 Å². The predicted octanol–water partition coefficient (Wildman–Crippen LogP) is 1.79. The van der Waals surface area contributed by atoms with Crippen molar-refractivity contribution in [2.24, 2.45) is 0 Å². The van der Waals surface area contributed by atoms with Gasteiger partial charge >= 0.3 is 0 Å². The highest BCUT2D eigenvalue weighted by Gasteiger charge is 2.29. The number of ether oxygens (including phenoxy) is 1. The van der Waals surface area contributed by atoms with E-state index in [4.69, 9.17) is 4.74 Å². The van der Waals surface area contributed by atoms with E-state index in [1.54, 1.807) is 18.5 Å². The molecule has 1 saturated heterocycles. The molecule has 2 aliphatic rings. The second-order valence-corrected chi connectivity index (χ2v) is 7.00. The van der Waals surface area contributed by atoms with Crippen LogP contribution < -0.4 is 16.2 Å². The van der Waals surface area contributed by atoms with Crippen LogP contribution in [0.15, 0.2) is 30.6 Å². The van der Waals surface area contributed by atoms with Gasteiger partial charge in [-0.1, -0.05) is 0 Å². The van der Waals surface area contributed by atoms with Crippen molar-refractivity contribution >= 4 is 17.4 Å². The normalized spacial score (nSPS) is 18.9. The molecule has 0 aromatic carbocycles. The number of nitrogens with zero attached hydrogens (tertiary/aromatic N) is 3. The maximum Gasteiger partial charge on any atom is 0.254 e. The molecule has 8 heteroatoms. The van der Waals surface area contributed by atoms with Gasteiger partial charge in [-0.05, 0) is 32.0 Å². The number of hydrogen-bond donors (Lipinski definition) is 3. The molecule has 2 aliphatic heterocycles. The zero-order valence-corrected chi connectivity index (χ0v) is 15.5. The average Bonchev–Trinajstić information content (AvgIpc) is 3.13. The van der Waals surface area contributed by atoms with E-state index in [0.29, 0.717) is 31.9 Å². The molecule has 27 heavy (non-hydrogen) atoms. The summed E-state index contributed by atoms with van der Waals surface area (Å²) in [5.41, 5.74) is 9.84. The van der Waals surface area contributed by atoms with Gasteiger partial charge in [0.05, 0.1) is 30.6 Å². The van der Waals surface area contributed by atoms with Crippen molar-refractivity contribution in [3.05, 3.63) is 47.4 Å². The minimum absolute atomic E-state index is 0.0137. The van der Waals surface area contributed by atoms with Gasteiger partial charge in [0, 0.05) is 42.7 Å². The molecule has 1 amide bonds. The Morgan fingerprint density at radius 1 is 1.26 bits per heavy atom. The van der Waals surface area contributed by atoms with Crippen LogP contribution in [0.5, 0.6) is 0 Å². The number of amides is 1. The lowest BCUT2D eigenvalue weighted by Crippen LogP contribution is -2.40. The van der Waals surface area contributed by atoms with Crippen LogP contribution in [0.2, 0.25) is 0 Å². The molecule has 1 unspecified atom stereocenters. The van der Waals surface area contributed by atoms with Gasteiger partial charge < -0.3 is 20.4 Å². The maximum atomic E-state index is 12.8. The predicted molar refractivity (Wildman–Crippen MR) is 103 cm³/mol. The molecule has 0 aliphatic carbocycles. The number of anilines is 2. The third-order valence-corrected chi connectivity index (χ3v) is 4.68. The van der Waals surface area contributed by atoms with Crippen LogP contribution in [-0.4, -0.2) is 53.1 Å². The lowest BCUT2D eigenvalue weighted by atomic mass is 10.0. The zero-order chi connectivity index (χ0) is 18.8. The minimum atomic E-state index is -0.188. The van der Waals surface area contributed by atoms with Crippen LogP contribution in [0, 0.1) is 0 Å². The lowest BCUT2D eigenvalue weighted by molar-refractivity contribution is 0.0302. The first-order valence-corrected chi connectivity index (χ1v) is 9.23. The fourth-order valence-corrected chi connectivity index (χ4v) is 3.40. The monoisotopic (exact) mass is 368 g/mol. The highest BCUT2D eigenvalue weighted by Crippen LogP contribution is 2.36. The number of nitrogens with one attached hydrogen (secondary N) is 3. The van der Waals surface area contributed by atoms with Gasteiger partial charge in [0.1, 0.15) is 5.82 Å². The zero-order valence-electron chi connectivity index (χ0n) is 15.5. The molecule has 0 radical (unpaired) electrons. The third kappa shape index (κ3) is 3.58. The van der Waals surface area contributed by atoms with E-state index in [0.717, 1.165) is 22.8 Å². The van der Waals surface area contributed by atoms with Crippen LogP contribution in [0.4, 0.5) is 11.5 Å². The molecule has 0 saturated carbocycles. The molecule has 4 rings (SSSR count). The second kappa shape index (κ2) is 7.50. The first-order valence-electron chi connectivity index (χ1n) is 9.23. The molecule has 4 heterocycles. The topological polar surface area (TPSA) is 91.4 Å². The molecule has 2 aromatic rings. The Balaban J connectivity index is 1.64. The van der Waals surface area contributed by atoms with E-state index in [1.165, 1.54) is 0 Å². The first kappa shape index (κ1) is 17.7. The second-order valence-electron chi connectivity index (χ2n) is 7.00. The largest absolute Gasteiger partial charge is 0.378 e. The molecule has 142 valence electrons. The summed E-state index contributed by atoms with van der Waals surface area (Å²) in [5, 5.41) is 3.39. The van der Waals surface area contributed by atoms with E-state index in [2.05, 4.69) is 40.0 Å². The molecular formula is C19H24N6O2. The van der Waals surface area contributed by atoms with Gasteiger partial charge in [-0.15, -0.1) is 0 Å². The van der Waals surface area contributed by atoms with E-state index >= 15 is 0 Å². The number of rotatable bonds is 4. The number of aromatic nitrogens is 2. The van der Waals surface area contributed by atoms with Crippen molar-refractivity contribution in [1.82, 2.24) is 20.3 Å². The van der Waals surface area contributed by atoms with Gasteiger partial charge in [-0.2, -0.15) is 0 Å². The molecule has 1 atom stereocenters. The summed E-state index contributed by atoms with van der Waals surface area (Å²) in [5.74, 6) is 0.830. The Kier molecular flexibility index (Phi) is 4.91. The van der Waals surface area contributed by atoms with Crippen molar-refractivity contribution < 1.29 is 9.53 Å². The number of fused-ring (bicyclic) bond motifs is 1. The van der Waals surface area contributed by atoms with E-state index in [9.17, 15) is 4.79 Å². The highest BCUT2D eigenvalue weighted by molar-refractivity contribution is 5.94. The summed E-state index contributed by atoms with van der Waals surface area (Å²) in [4.78, 5) is 23.6. The Bertz CT molecular complexity index is 835. The summed E-state index contributed by atoms with van der Waals surface area (Å²) >= 11 is 0. The summed E-state index contributed by atoms with van der Waals surface area (Å²) in [6.45, 7) is 6.56. The minimum Gasteiger partial charge on any atom is -0.378 e. The number of morpholine rings is 1. The van der Waals surface area contributed by atoms with Crippen molar-refractivity contribution in [2.45, 2.75) is 25.9 Å². The van der Waals surface area contributed by atoms with Gasteiger partial charge in [0.25, 0.3) is 5.91 Å². The highest BCUT2D eigenvalue weighted by atomic mass is 16.5. The lowest BCUT2D eigenvalue weighted by Gasteiger charge is -2.27. The summed E-state index contributed by atoms with van der Waals surface area (Å²) < 4.78 is 5.34. The SMILES string of the molecule is CC(C)Nc1nccc2c1C(c1cc(C(=O)N3CCOCC3)ccn1)NN2. The van der Waals surface area contributed by atoms with Crippen LogP contribution in [0.1, 0.15) is 41.5 Å². The van der Waals surface area contributed by atoms with Crippen LogP contribution in [0.3, 0.4) is 0 Å². The number of carbonyl (C=O) groups excluding carboxylic acids is 1. The van der Waals surface area contributed by atoms with Gasteiger partial charge in [0.15, 0.2) is 0 Å².